The molecule has 2 N–H and O–H groups in total. The molecule has 1 spiro atoms. The monoisotopic (exact) mass is 467 g/mol. The molecule has 5 nitrogen and oxygen atoms in total. The van der Waals surface area contributed by atoms with Gasteiger partial charge in [0.05, 0.1) is 11.7 Å². The van der Waals surface area contributed by atoms with Gasteiger partial charge in [0.1, 0.15) is 17.3 Å². The molecule has 1 saturated carbocycles. The highest BCUT2D eigenvalue weighted by Crippen LogP contribution is 2.64. The summed E-state index contributed by atoms with van der Waals surface area (Å²) in [6.45, 7) is 0.620. The van der Waals surface area contributed by atoms with E-state index < -0.39 is 42.4 Å². The Bertz CT molecular complexity index is 1070. The summed E-state index contributed by atoms with van der Waals surface area (Å²) < 4.78 is 59.6. The number of Topliss-reactive ketones (excluding diaryl/α,β-unsaturated/α-hetero) is 1. The molecular formula is C22H21F4N3O2S. The first-order valence-corrected chi connectivity index (χ1v) is 10.9. The number of rotatable bonds is 6. The molecule has 1 aromatic carbocycles. The molecule has 1 fully saturated rings. The summed E-state index contributed by atoms with van der Waals surface area (Å²) in [5, 5.41) is 0.217. The summed E-state index contributed by atoms with van der Waals surface area (Å²) in [5.41, 5.74) is 4.46. The number of aromatic nitrogens is 1. The van der Waals surface area contributed by atoms with Crippen LogP contribution in [0.25, 0.3) is 0 Å². The van der Waals surface area contributed by atoms with E-state index in [-0.39, 0.29) is 34.4 Å². The Kier molecular flexibility index (Phi) is 5.68. The number of ether oxygens (including phenoxy) is 1. The van der Waals surface area contributed by atoms with Crippen molar-refractivity contribution in [2.75, 3.05) is 12.6 Å². The van der Waals surface area contributed by atoms with Crippen LogP contribution in [0.2, 0.25) is 0 Å². The van der Waals surface area contributed by atoms with E-state index in [1.165, 1.54) is 48.3 Å². The Morgan fingerprint density at radius 3 is 2.62 bits per heavy atom. The Labute approximate surface area is 186 Å². The molecular weight excluding hydrogens is 446 g/mol. The molecule has 1 aliphatic carbocycles. The van der Waals surface area contributed by atoms with Crippen LogP contribution >= 0.6 is 11.8 Å². The summed E-state index contributed by atoms with van der Waals surface area (Å²) in [7, 11) is 0. The van der Waals surface area contributed by atoms with Crippen molar-refractivity contribution in [2.45, 2.75) is 37.6 Å². The number of carbonyl (C=O) groups excluding carboxylic acids is 1. The average molecular weight is 467 g/mol. The van der Waals surface area contributed by atoms with Crippen LogP contribution in [0.15, 0.2) is 41.5 Å². The first-order chi connectivity index (χ1) is 15.1. The Balaban J connectivity index is 1.63. The van der Waals surface area contributed by atoms with Gasteiger partial charge in [0.2, 0.25) is 12.8 Å². The Morgan fingerprint density at radius 2 is 2.00 bits per heavy atom. The molecule has 2 heterocycles. The van der Waals surface area contributed by atoms with Gasteiger partial charge in [-0.3, -0.25) is 9.79 Å². The Hall–Kier alpha value is -2.62. The second-order valence-corrected chi connectivity index (χ2v) is 9.34. The fraction of sp³-hybridized carbons (Fsp3) is 0.409. The normalized spacial score (nSPS) is 23.3. The molecule has 0 radical (unpaired) electrons. The van der Waals surface area contributed by atoms with E-state index in [1.807, 2.05) is 0 Å². The fourth-order valence-corrected chi connectivity index (χ4v) is 5.64. The average Bonchev–Trinajstić information content (AvgIpc) is 2.71. The van der Waals surface area contributed by atoms with Crippen molar-refractivity contribution in [3.63, 3.8) is 0 Å². The van der Waals surface area contributed by atoms with Crippen LogP contribution in [-0.2, 0) is 12.0 Å². The van der Waals surface area contributed by atoms with Gasteiger partial charge in [-0.15, -0.1) is 0 Å². The molecule has 170 valence electrons. The van der Waals surface area contributed by atoms with E-state index in [9.17, 15) is 22.4 Å². The van der Waals surface area contributed by atoms with E-state index in [1.54, 1.807) is 6.92 Å². The topological polar surface area (TPSA) is 77.6 Å². The number of thioether (sulfide) groups is 1. The highest BCUT2D eigenvalue weighted by atomic mass is 32.2. The molecule has 0 saturated heterocycles. The molecule has 1 atom stereocenters. The van der Waals surface area contributed by atoms with Crippen molar-refractivity contribution in [3.05, 3.63) is 59.2 Å². The van der Waals surface area contributed by atoms with Gasteiger partial charge in [-0.25, -0.2) is 22.5 Å². The second-order valence-electron chi connectivity index (χ2n) is 8.35. The number of benzene rings is 1. The number of nitrogens with zero attached hydrogens (tertiary/aromatic N) is 2. The van der Waals surface area contributed by atoms with Gasteiger partial charge < -0.3 is 10.5 Å². The molecule has 10 heteroatoms. The van der Waals surface area contributed by atoms with Gasteiger partial charge in [0, 0.05) is 36.0 Å². The minimum absolute atomic E-state index is 0.0865. The lowest BCUT2D eigenvalue weighted by atomic mass is 9.55. The summed E-state index contributed by atoms with van der Waals surface area (Å²) in [6.07, 6.45) is 0.346. The van der Waals surface area contributed by atoms with E-state index in [4.69, 9.17) is 5.73 Å². The number of alkyl halides is 3. The minimum atomic E-state index is -2.82. The molecule has 1 aromatic heterocycles. The van der Waals surface area contributed by atoms with Crippen LogP contribution in [0, 0.1) is 11.2 Å². The molecule has 32 heavy (non-hydrogen) atoms. The standard InChI is InChI=1S/C22H21F4N3O2S/c1-20(21(9-22(25,26)10-21)11-32-19(27)29-20)15-6-13(2-4-16(15)24)7-18(30)17-5-3-14(8-28-17)31-12-23/h2-6,8H,7,9-12H2,1H3,(H2,27,29)/t20-/m1/s1. The first kappa shape index (κ1) is 22.6. The summed E-state index contributed by atoms with van der Waals surface area (Å²) in [6, 6.07) is 7.02. The number of hydrogen-bond donors (Lipinski definition) is 1. The van der Waals surface area contributed by atoms with Crippen molar-refractivity contribution in [1.29, 1.82) is 0 Å². The lowest BCUT2D eigenvalue weighted by molar-refractivity contribution is -0.178. The van der Waals surface area contributed by atoms with Crippen molar-refractivity contribution >= 4 is 22.7 Å². The van der Waals surface area contributed by atoms with Gasteiger partial charge in [-0.05, 0) is 36.8 Å². The van der Waals surface area contributed by atoms with Crippen molar-refractivity contribution in [1.82, 2.24) is 4.98 Å². The van der Waals surface area contributed by atoms with Crippen LogP contribution in [0.1, 0.15) is 41.4 Å². The van der Waals surface area contributed by atoms with Crippen molar-refractivity contribution in [2.24, 2.45) is 16.1 Å². The van der Waals surface area contributed by atoms with Crippen LogP contribution in [0.5, 0.6) is 5.75 Å². The molecule has 2 aliphatic rings. The minimum Gasteiger partial charge on any atom is -0.461 e. The maximum absolute atomic E-state index is 15.0. The predicted molar refractivity (Wildman–Crippen MR) is 113 cm³/mol. The maximum Gasteiger partial charge on any atom is 0.249 e. The zero-order valence-electron chi connectivity index (χ0n) is 17.2. The smallest absolute Gasteiger partial charge is 0.249 e. The van der Waals surface area contributed by atoms with Crippen LogP contribution in [-0.4, -0.2) is 34.5 Å². The largest absolute Gasteiger partial charge is 0.461 e. The first-order valence-electron chi connectivity index (χ1n) is 9.90. The van der Waals surface area contributed by atoms with Crippen LogP contribution in [0.3, 0.4) is 0 Å². The number of pyridine rings is 1. The third kappa shape index (κ3) is 3.96. The van der Waals surface area contributed by atoms with E-state index in [0.29, 0.717) is 11.3 Å². The van der Waals surface area contributed by atoms with E-state index >= 15 is 0 Å². The van der Waals surface area contributed by atoms with E-state index in [2.05, 4.69) is 14.7 Å². The molecule has 4 rings (SSSR count). The van der Waals surface area contributed by atoms with Gasteiger partial charge >= 0.3 is 0 Å². The lowest BCUT2D eigenvalue weighted by Gasteiger charge is -2.57. The highest BCUT2D eigenvalue weighted by Gasteiger charge is 2.66. The molecule has 1 aliphatic heterocycles. The molecule has 2 aromatic rings. The third-order valence-corrected chi connectivity index (χ3v) is 7.30. The molecule has 0 bridgehead atoms. The predicted octanol–water partition coefficient (Wildman–Crippen LogP) is 4.64. The zero-order valence-corrected chi connectivity index (χ0v) is 18.0. The zero-order chi connectivity index (χ0) is 23.1. The molecule has 0 amide bonds. The van der Waals surface area contributed by atoms with Gasteiger partial charge in [0.25, 0.3) is 0 Å². The summed E-state index contributed by atoms with van der Waals surface area (Å²) in [5.74, 6) is -3.25. The van der Waals surface area contributed by atoms with Crippen molar-refractivity contribution < 1.29 is 27.1 Å². The molecule has 0 unspecified atom stereocenters. The number of aliphatic imine (C=N–C) groups is 1. The highest BCUT2D eigenvalue weighted by molar-refractivity contribution is 8.13. The number of ketones is 1. The second kappa shape index (κ2) is 8.06. The number of halogens is 4. The Morgan fingerprint density at radius 1 is 1.25 bits per heavy atom. The third-order valence-electron chi connectivity index (χ3n) is 6.22. The fourth-order valence-electron chi connectivity index (χ4n) is 4.48. The van der Waals surface area contributed by atoms with Crippen molar-refractivity contribution in [3.8, 4) is 5.75 Å². The SMILES string of the molecule is C[C@]1(c2cc(CC(=O)c3ccc(OCF)cn3)ccc2F)N=C(N)SCC12CC(F)(F)C2. The van der Waals surface area contributed by atoms with Gasteiger partial charge in [-0.2, -0.15) is 0 Å². The number of nitrogens with two attached hydrogens (primary N) is 1. The van der Waals surface area contributed by atoms with Crippen LogP contribution in [0.4, 0.5) is 17.6 Å². The number of hydrogen-bond acceptors (Lipinski definition) is 6. The lowest BCUT2D eigenvalue weighted by Crippen LogP contribution is -2.60. The summed E-state index contributed by atoms with van der Waals surface area (Å²) in [4.78, 5) is 21.0. The van der Waals surface area contributed by atoms with Gasteiger partial charge in [0.15, 0.2) is 11.0 Å². The van der Waals surface area contributed by atoms with E-state index in [0.717, 1.165) is 0 Å². The number of amidine groups is 1. The van der Waals surface area contributed by atoms with Gasteiger partial charge in [-0.1, -0.05) is 17.8 Å². The number of carbonyl (C=O) groups is 1. The quantitative estimate of drug-likeness (QED) is 0.495. The maximum atomic E-state index is 15.0. The summed E-state index contributed by atoms with van der Waals surface area (Å²) >= 11 is 1.20. The van der Waals surface area contributed by atoms with Crippen LogP contribution < -0.4 is 10.5 Å².